The number of phenolic OH excluding ortho intramolecular Hbond substituents is 2. The van der Waals surface area contributed by atoms with Gasteiger partial charge in [0.05, 0.1) is 11.9 Å². The SMILES string of the molecule is Oc1ccc(-c2ccnn2-c2ccccc2F)c(O)c1. The summed E-state index contributed by atoms with van der Waals surface area (Å²) in [4.78, 5) is 0. The molecular weight excluding hydrogens is 259 g/mol. The molecule has 0 fully saturated rings. The van der Waals surface area contributed by atoms with E-state index in [9.17, 15) is 14.6 Å². The Morgan fingerprint density at radius 1 is 1.00 bits per heavy atom. The second-order valence-electron chi connectivity index (χ2n) is 4.28. The summed E-state index contributed by atoms with van der Waals surface area (Å²) in [6.07, 6.45) is 1.52. The molecule has 2 aromatic carbocycles. The Hall–Kier alpha value is -2.82. The zero-order chi connectivity index (χ0) is 14.1. The first kappa shape index (κ1) is 12.2. The van der Waals surface area contributed by atoms with Crippen LogP contribution in [0.25, 0.3) is 16.9 Å². The van der Waals surface area contributed by atoms with Gasteiger partial charge < -0.3 is 10.2 Å². The van der Waals surface area contributed by atoms with Gasteiger partial charge in [0.2, 0.25) is 0 Å². The van der Waals surface area contributed by atoms with Crippen molar-refractivity contribution in [2.24, 2.45) is 0 Å². The van der Waals surface area contributed by atoms with E-state index in [1.54, 1.807) is 30.3 Å². The van der Waals surface area contributed by atoms with Crippen LogP contribution in [0.5, 0.6) is 11.5 Å². The highest BCUT2D eigenvalue weighted by Crippen LogP contribution is 2.33. The van der Waals surface area contributed by atoms with E-state index in [0.717, 1.165) is 0 Å². The van der Waals surface area contributed by atoms with Gasteiger partial charge in [0.1, 0.15) is 23.0 Å². The number of halogens is 1. The van der Waals surface area contributed by atoms with E-state index in [1.165, 1.54) is 29.1 Å². The minimum Gasteiger partial charge on any atom is -0.508 e. The average molecular weight is 270 g/mol. The van der Waals surface area contributed by atoms with Crippen LogP contribution < -0.4 is 0 Å². The number of rotatable bonds is 2. The fourth-order valence-electron chi connectivity index (χ4n) is 2.06. The predicted molar refractivity (Wildman–Crippen MR) is 72.3 cm³/mol. The summed E-state index contributed by atoms with van der Waals surface area (Å²) in [5.41, 5.74) is 1.29. The molecule has 20 heavy (non-hydrogen) atoms. The van der Waals surface area contributed by atoms with E-state index >= 15 is 0 Å². The minimum absolute atomic E-state index is 0.0387. The zero-order valence-corrected chi connectivity index (χ0v) is 10.4. The molecule has 5 heteroatoms. The molecule has 0 aliphatic heterocycles. The summed E-state index contributed by atoms with van der Waals surface area (Å²) in [5, 5.41) is 23.3. The van der Waals surface area contributed by atoms with Gasteiger partial charge in [-0.3, -0.25) is 0 Å². The maximum Gasteiger partial charge on any atom is 0.148 e. The van der Waals surface area contributed by atoms with E-state index in [4.69, 9.17) is 0 Å². The van der Waals surface area contributed by atoms with Gasteiger partial charge >= 0.3 is 0 Å². The third-order valence-electron chi connectivity index (χ3n) is 2.98. The Morgan fingerprint density at radius 3 is 2.55 bits per heavy atom. The van der Waals surface area contributed by atoms with Crippen LogP contribution in [-0.2, 0) is 0 Å². The topological polar surface area (TPSA) is 58.3 Å². The molecule has 0 atom stereocenters. The molecule has 0 aliphatic rings. The highest BCUT2D eigenvalue weighted by atomic mass is 19.1. The molecule has 0 bridgehead atoms. The fourth-order valence-corrected chi connectivity index (χ4v) is 2.06. The fraction of sp³-hybridized carbons (Fsp3) is 0. The largest absolute Gasteiger partial charge is 0.508 e. The standard InChI is InChI=1S/C15H11FN2O2/c16-12-3-1-2-4-14(12)18-13(7-8-17-18)11-6-5-10(19)9-15(11)20/h1-9,19-20H. The molecule has 100 valence electrons. The number of para-hydroxylation sites is 1. The summed E-state index contributed by atoms with van der Waals surface area (Å²) in [7, 11) is 0. The molecular formula is C15H11FN2O2. The monoisotopic (exact) mass is 270 g/mol. The van der Waals surface area contributed by atoms with Crippen LogP contribution in [0.15, 0.2) is 54.7 Å². The summed E-state index contributed by atoms with van der Waals surface area (Å²) < 4.78 is 15.3. The van der Waals surface area contributed by atoms with E-state index in [1.807, 2.05) is 0 Å². The number of hydrogen-bond acceptors (Lipinski definition) is 3. The maximum atomic E-state index is 13.8. The minimum atomic E-state index is -0.407. The Kier molecular flexibility index (Phi) is 2.87. The predicted octanol–water partition coefficient (Wildman–Crippen LogP) is 3.09. The molecule has 1 aromatic heterocycles. The van der Waals surface area contributed by atoms with Gasteiger partial charge in [-0.1, -0.05) is 12.1 Å². The normalized spacial score (nSPS) is 10.7. The lowest BCUT2D eigenvalue weighted by Crippen LogP contribution is -2.01. The van der Waals surface area contributed by atoms with Crippen molar-refractivity contribution in [1.29, 1.82) is 0 Å². The van der Waals surface area contributed by atoms with Crippen LogP contribution in [0.3, 0.4) is 0 Å². The van der Waals surface area contributed by atoms with Gasteiger partial charge in [-0.25, -0.2) is 9.07 Å². The Labute approximate surface area is 114 Å². The van der Waals surface area contributed by atoms with Crippen molar-refractivity contribution in [3.05, 3.63) is 60.5 Å². The molecule has 3 rings (SSSR count). The van der Waals surface area contributed by atoms with Crippen molar-refractivity contribution >= 4 is 0 Å². The van der Waals surface area contributed by atoms with E-state index in [-0.39, 0.29) is 11.5 Å². The first-order chi connectivity index (χ1) is 9.66. The number of aromatic hydroxyl groups is 2. The van der Waals surface area contributed by atoms with Crippen LogP contribution in [0.2, 0.25) is 0 Å². The lowest BCUT2D eigenvalue weighted by Gasteiger charge is -2.10. The van der Waals surface area contributed by atoms with Crippen molar-refractivity contribution in [1.82, 2.24) is 9.78 Å². The van der Waals surface area contributed by atoms with Crippen LogP contribution >= 0.6 is 0 Å². The van der Waals surface area contributed by atoms with Gasteiger partial charge in [-0.15, -0.1) is 0 Å². The lowest BCUT2D eigenvalue weighted by atomic mass is 10.1. The van der Waals surface area contributed by atoms with E-state index in [0.29, 0.717) is 16.9 Å². The highest BCUT2D eigenvalue weighted by Gasteiger charge is 2.14. The third-order valence-corrected chi connectivity index (χ3v) is 2.98. The molecule has 3 aromatic rings. The summed E-state index contributed by atoms with van der Waals surface area (Å²) in [6, 6.07) is 12.2. The molecule has 0 unspecified atom stereocenters. The van der Waals surface area contributed by atoms with Crippen LogP contribution in [0, 0.1) is 5.82 Å². The average Bonchev–Trinajstić information content (AvgIpc) is 2.88. The van der Waals surface area contributed by atoms with Gasteiger partial charge in [-0.2, -0.15) is 5.10 Å². The number of aromatic nitrogens is 2. The Bertz CT molecular complexity index is 768. The number of nitrogens with zero attached hydrogens (tertiary/aromatic N) is 2. The molecule has 0 saturated heterocycles. The van der Waals surface area contributed by atoms with Gasteiger partial charge in [0.25, 0.3) is 0 Å². The highest BCUT2D eigenvalue weighted by molar-refractivity contribution is 5.69. The van der Waals surface area contributed by atoms with Crippen molar-refractivity contribution in [2.75, 3.05) is 0 Å². The van der Waals surface area contributed by atoms with Gasteiger partial charge in [0.15, 0.2) is 0 Å². The first-order valence-electron chi connectivity index (χ1n) is 5.98. The van der Waals surface area contributed by atoms with Crippen molar-refractivity contribution in [2.45, 2.75) is 0 Å². The summed E-state index contributed by atoms with van der Waals surface area (Å²) in [5.74, 6) is -0.540. The maximum absolute atomic E-state index is 13.8. The van der Waals surface area contributed by atoms with Crippen LogP contribution in [0.1, 0.15) is 0 Å². The third kappa shape index (κ3) is 1.99. The van der Waals surface area contributed by atoms with Crippen LogP contribution in [-0.4, -0.2) is 20.0 Å². The second kappa shape index (κ2) is 4.70. The van der Waals surface area contributed by atoms with Crippen LogP contribution in [0.4, 0.5) is 4.39 Å². The molecule has 0 amide bonds. The smallest absolute Gasteiger partial charge is 0.148 e. The molecule has 0 spiro atoms. The van der Waals surface area contributed by atoms with Crippen molar-refractivity contribution in [3.63, 3.8) is 0 Å². The molecule has 1 heterocycles. The van der Waals surface area contributed by atoms with Crippen molar-refractivity contribution < 1.29 is 14.6 Å². The molecule has 0 aliphatic carbocycles. The van der Waals surface area contributed by atoms with E-state index < -0.39 is 5.82 Å². The van der Waals surface area contributed by atoms with E-state index in [2.05, 4.69) is 5.10 Å². The number of benzene rings is 2. The zero-order valence-electron chi connectivity index (χ0n) is 10.4. The van der Waals surface area contributed by atoms with Gasteiger partial charge in [-0.05, 0) is 30.3 Å². The Morgan fingerprint density at radius 2 is 1.80 bits per heavy atom. The Balaban J connectivity index is 2.18. The number of hydrogen-bond donors (Lipinski definition) is 2. The molecule has 4 nitrogen and oxygen atoms in total. The lowest BCUT2D eigenvalue weighted by molar-refractivity contribution is 0.451. The van der Waals surface area contributed by atoms with Crippen molar-refractivity contribution in [3.8, 4) is 28.4 Å². The second-order valence-corrected chi connectivity index (χ2v) is 4.28. The quantitative estimate of drug-likeness (QED) is 0.752. The number of phenols is 2. The van der Waals surface area contributed by atoms with Gasteiger partial charge in [0, 0.05) is 11.6 Å². The molecule has 0 saturated carbocycles. The first-order valence-corrected chi connectivity index (χ1v) is 5.98. The summed E-state index contributed by atoms with van der Waals surface area (Å²) in [6.45, 7) is 0. The molecule has 0 radical (unpaired) electrons. The summed E-state index contributed by atoms with van der Waals surface area (Å²) >= 11 is 0. The molecule has 2 N–H and O–H groups in total.